The van der Waals surface area contributed by atoms with Gasteiger partial charge in [-0.05, 0) is 41.5 Å². The molecule has 7 heteroatoms. The van der Waals surface area contributed by atoms with Gasteiger partial charge >= 0.3 is 12.1 Å². The number of hydroxylamine groups is 2. The van der Waals surface area contributed by atoms with E-state index in [-0.39, 0.29) is 6.03 Å². The SMILES string of the molecule is CON(C(=O)N(C)CCN(C)C(=O)OC(C)(C)C)C(C)(C)C. The van der Waals surface area contributed by atoms with Crippen molar-refractivity contribution in [3.8, 4) is 0 Å². The first-order valence-electron chi connectivity index (χ1n) is 7.33. The van der Waals surface area contributed by atoms with E-state index in [1.807, 2.05) is 41.5 Å². The monoisotopic (exact) mass is 317 g/mol. The summed E-state index contributed by atoms with van der Waals surface area (Å²) in [6.45, 7) is 11.8. The van der Waals surface area contributed by atoms with Gasteiger partial charge in [-0.25, -0.2) is 9.59 Å². The predicted molar refractivity (Wildman–Crippen MR) is 85.5 cm³/mol. The Morgan fingerprint density at radius 2 is 1.36 bits per heavy atom. The van der Waals surface area contributed by atoms with Gasteiger partial charge in [0.1, 0.15) is 5.60 Å². The van der Waals surface area contributed by atoms with E-state index in [9.17, 15) is 9.59 Å². The lowest BCUT2D eigenvalue weighted by Gasteiger charge is -2.36. The molecule has 22 heavy (non-hydrogen) atoms. The van der Waals surface area contributed by atoms with Crippen molar-refractivity contribution in [1.82, 2.24) is 14.9 Å². The van der Waals surface area contributed by atoms with Crippen LogP contribution in [0.5, 0.6) is 0 Å². The summed E-state index contributed by atoms with van der Waals surface area (Å²) >= 11 is 0. The summed E-state index contributed by atoms with van der Waals surface area (Å²) in [7, 11) is 4.77. The van der Waals surface area contributed by atoms with Crippen molar-refractivity contribution < 1.29 is 19.2 Å². The van der Waals surface area contributed by atoms with Crippen LogP contribution in [0.2, 0.25) is 0 Å². The zero-order chi connectivity index (χ0) is 17.7. The molecule has 0 aromatic carbocycles. The molecule has 0 radical (unpaired) electrons. The quantitative estimate of drug-likeness (QED) is 0.748. The molecule has 0 saturated heterocycles. The van der Waals surface area contributed by atoms with Crippen LogP contribution in [0.3, 0.4) is 0 Å². The smallest absolute Gasteiger partial charge is 0.410 e. The summed E-state index contributed by atoms with van der Waals surface area (Å²) in [5.74, 6) is 0. The van der Waals surface area contributed by atoms with Crippen molar-refractivity contribution >= 4 is 12.1 Å². The van der Waals surface area contributed by atoms with Gasteiger partial charge in [0.05, 0.1) is 12.6 Å². The largest absolute Gasteiger partial charge is 0.444 e. The molecule has 0 spiro atoms. The van der Waals surface area contributed by atoms with Crippen LogP contribution in [-0.4, -0.2) is 72.4 Å². The molecule has 0 bridgehead atoms. The van der Waals surface area contributed by atoms with E-state index in [0.29, 0.717) is 13.1 Å². The van der Waals surface area contributed by atoms with E-state index >= 15 is 0 Å². The van der Waals surface area contributed by atoms with Gasteiger partial charge in [-0.15, -0.1) is 0 Å². The zero-order valence-corrected chi connectivity index (χ0v) is 15.4. The van der Waals surface area contributed by atoms with Crippen molar-refractivity contribution in [2.24, 2.45) is 0 Å². The highest BCUT2D eigenvalue weighted by Crippen LogP contribution is 2.15. The van der Waals surface area contributed by atoms with Gasteiger partial charge in [0.15, 0.2) is 0 Å². The highest BCUT2D eigenvalue weighted by molar-refractivity contribution is 5.74. The summed E-state index contributed by atoms with van der Waals surface area (Å²) in [5, 5.41) is 1.31. The number of urea groups is 1. The van der Waals surface area contributed by atoms with Gasteiger partial charge in [0, 0.05) is 27.2 Å². The van der Waals surface area contributed by atoms with E-state index in [1.165, 1.54) is 22.0 Å². The number of ether oxygens (including phenoxy) is 1. The maximum atomic E-state index is 12.3. The fourth-order valence-electron chi connectivity index (χ4n) is 1.62. The lowest BCUT2D eigenvalue weighted by Crippen LogP contribution is -2.51. The van der Waals surface area contributed by atoms with Crippen molar-refractivity contribution in [2.45, 2.75) is 52.7 Å². The molecule has 0 saturated carbocycles. The van der Waals surface area contributed by atoms with Crippen LogP contribution in [-0.2, 0) is 9.57 Å². The molecule has 0 heterocycles. The van der Waals surface area contributed by atoms with Crippen LogP contribution in [0, 0.1) is 0 Å². The first-order valence-corrected chi connectivity index (χ1v) is 7.33. The summed E-state index contributed by atoms with van der Waals surface area (Å²) < 4.78 is 5.26. The molecule has 7 nitrogen and oxygen atoms in total. The van der Waals surface area contributed by atoms with E-state index in [2.05, 4.69) is 0 Å². The molecule has 0 N–H and O–H groups in total. The molecule has 130 valence electrons. The lowest BCUT2D eigenvalue weighted by atomic mass is 10.1. The number of carbonyl (C=O) groups excluding carboxylic acids is 2. The number of hydrogen-bond acceptors (Lipinski definition) is 4. The average Bonchev–Trinajstić information content (AvgIpc) is 2.32. The Kier molecular flexibility index (Phi) is 7.15. The van der Waals surface area contributed by atoms with Crippen molar-refractivity contribution in [1.29, 1.82) is 0 Å². The van der Waals surface area contributed by atoms with Crippen LogP contribution >= 0.6 is 0 Å². The zero-order valence-electron chi connectivity index (χ0n) is 15.4. The molecular weight excluding hydrogens is 286 g/mol. The molecule has 0 aliphatic rings. The number of hydrogen-bond donors (Lipinski definition) is 0. The molecule has 0 aliphatic carbocycles. The average molecular weight is 317 g/mol. The Hall–Kier alpha value is -1.50. The molecule has 0 rings (SSSR count). The number of rotatable bonds is 4. The molecule has 0 fully saturated rings. The van der Waals surface area contributed by atoms with Crippen LogP contribution < -0.4 is 0 Å². The second kappa shape index (κ2) is 7.67. The minimum Gasteiger partial charge on any atom is -0.444 e. The fourth-order valence-corrected chi connectivity index (χ4v) is 1.62. The Morgan fingerprint density at radius 3 is 1.73 bits per heavy atom. The summed E-state index contributed by atoms with van der Waals surface area (Å²) in [4.78, 5) is 32.3. The maximum Gasteiger partial charge on any atom is 0.410 e. The molecule has 0 aliphatic heterocycles. The molecule has 0 aromatic rings. The van der Waals surface area contributed by atoms with Crippen LogP contribution in [0.15, 0.2) is 0 Å². The third-order valence-corrected chi connectivity index (χ3v) is 2.77. The normalized spacial score (nSPS) is 11.9. The van der Waals surface area contributed by atoms with Gasteiger partial charge in [-0.2, -0.15) is 5.06 Å². The van der Waals surface area contributed by atoms with Gasteiger partial charge in [0.2, 0.25) is 0 Å². The number of nitrogens with zero attached hydrogens (tertiary/aromatic N) is 3. The second-order valence-corrected chi connectivity index (χ2v) is 7.25. The van der Waals surface area contributed by atoms with Crippen LogP contribution in [0.1, 0.15) is 41.5 Å². The molecule has 0 unspecified atom stereocenters. The topological polar surface area (TPSA) is 62.3 Å². The Balaban J connectivity index is 4.52. The highest BCUT2D eigenvalue weighted by atomic mass is 16.7. The highest BCUT2D eigenvalue weighted by Gasteiger charge is 2.29. The first kappa shape index (κ1) is 20.5. The maximum absolute atomic E-state index is 12.3. The third-order valence-electron chi connectivity index (χ3n) is 2.77. The van der Waals surface area contributed by atoms with Gasteiger partial charge in [0.25, 0.3) is 0 Å². The van der Waals surface area contributed by atoms with E-state index < -0.39 is 17.2 Å². The molecule has 0 atom stereocenters. The van der Waals surface area contributed by atoms with Crippen LogP contribution in [0.4, 0.5) is 9.59 Å². The summed E-state index contributed by atoms with van der Waals surface area (Å²) in [6.07, 6.45) is -0.409. The fraction of sp³-hybridized carbons (Fsp3) is 0.867. The Morgan fingerprint density at radius 1 is 0.909 bits per heavy atom. The van der Waals surface area contributed by atoms with E-state index in [0.717, 1.165) is 0 Å². The van der Waals surface area contributed by atoms with Crippen molar-refractivity contribution in [3.05, 3.63) is 0 Å². The molecular formula is C15H31N3O4. The second-order valence-electron chi connectivity index (χ2n) is 7.25. The number of likely N-dealkylation sites (N-methyl/N-ethyl adjacent to an activating group) is 2. The van der Waals surface area contributed by atoms with Gasteiger partial charge < -0.3 is 14.5 Å². The minimum absolute atomic E-state index is 0.257. The Bertz CT molecular complexity index is 385. The lowest BCUT2D eigenvalue weighted by molar-refractivity contribution is -0.148. The van der Waals surface area contributed by atoms with Crippen molar-refractivity contribution in [3.63, 3.8) is 0 Å². The molecule has 3 amide bonds. The van der Waals surface area contributed by atoms with E-state index in [4.69, 9.17) is 9.57 Å². The molecule has 0 aromatic heterocycles. The van der Waals surface area contributed by atoms with Crippen molar-refractivity contribution in [2.75, 3.05) is 34.3 Å². The van der Waals surface area contributed by atoms with Crippen LogP contribution in [0.25, 0.3) is 0 Å². The third kappa shape index (κ3) is 6.98. The van der Waals surface area contributed by atoms with Gasteiger partial charge in [-0.1, -0.05) is 0 Å². The number of carbonyl (C=O) groups is 2. The first-order chi connectivity index (χ1) is 9.79. The minimum atomic E-state index is -0.536. The van der Waals surface area contributed by atoms with Gasteiger partial charge in [-0.3, -0.25) is 4.84 Å². The standard InChI is InChI=1S/C15H31N3O4/c1-14(2,3)18(21-9)12(19)16(7)10-11-17(8)13(20)22-15(4,5)6/h10-11H2,1-9H3. The van der Waals surface area contributed by atoms with E-state index in [1.54, 1.807) is 14.1 Å². The Labute approximate surface area is 134 Å². The summed E-state index contributed by atoms with van der Waals surface area (Å²) in [5.41, 5.74) is -0.983. The predicted octanol–water partition coefficient (Wildman–Crippen LogP) is 2.57. The number of amides is 3. The summed E-state index contributed by atoms with van der Waals surface area (Å²) in [6, 6.07) is -0.257.